The first-order chi connectivity index (χ1) is 19.4. The number of hydrogen-bond acceptors (Lipinski definition) is 9. The topological polar surface area (TPSA) is 120 Å². The van der Waals surface area contributed by atoms with Gasteiger partial charge in [0.2, 0.25) is 0 Å². The number of carboxylic acid groups (broad SMARTS) is 3. The molecular formula is C31H60O6S3Sn. The zero-order valence-electron chi connectivity index (χ0n) is 27.1. The summed E-state index contributed by atoms with van der Waals surface area (Å²) in [6.07, 6.45) is 14.7. The van der Waals surface area contributed by atoms with Gasteiger partial charge in [0, 0.05) is 17.3 Å². The number of thioether (sulfide) groups is 3. The first-order valence-electron chi connectivity index (χ1n) is 15.2. The second-order valence-electron chi connectivity index (χ2n) is 11.0. The fourth-order valence-electron chi connectivity index (χ4n) is 3.27. The molecule has 0 aliphatic carbocycles. The van der Waals surface area contributed by atoms with E-state index in [9.17, 15) is 29.7 Å². The van der Waals surface area contributed by atoms with Crippen LogP contribution < -0.4 is 15.3 Å². The molecule has 242 valence electrons. The molecule has 0 N–H and O–H groups in total. The summed E-state index contributed by atoms with van der Waals surface area (Å²) in [4.78, 5) is 32.2. The molecule has 0 aromatic heterocycles. The number of hydrogen-bond donors (Lipinski definition) is 0. The molecule has 10 heteroatoms. The van der Waals surface area contributed by atoms with Gasteiger partial charge in [-0.25, -0.2) is 0 Å². The SMILES string of the molecule is CC(C)CCCCCSCC(=O)[O-].CC(C)CCCCCSCC(=O)[O-].CC(C)CCCCCSCC(=O)[O-].[CH3][Sn+3]. The Balaban J connectivity index is -0.000000243. The minimum atomic E-state index is -0.952. The van der Waals surface area contributed by atoms with Gasteiger partial charge in [-0.15, -0.1) is 0 Å². The Kier molecular flexibility index (Phi) is 47.3. The summed E-state index contributed by atoms with van der Waals surface area (Å²) in [5.74, 6) is 2.79. The van der Waals surface area contributed by atoms with Crippen molar-refractivity contribution in [3.05, 3.63) is 0 Å². The van der Waals surface area contributed by atoms with Gasteiger partial charge in [-0.1, -0.05) is 99.3 Å². The van der Waals surface area contributed by atoms with Crippen molar-refractivity contribution in [2.45, 2.75) is 124 Å². The predicted molar refractivity (Wildman–Crippen MR) is 179 cm³/mol. The molecule has 0 amide bonds. The molecule has 0 aromatic carbocycles. The summed E-state index contributed by atoms with van der Waals surface area (Å²) in [6.45, 7) is 13.4. The Bertz CT molecular complexity index is 488. The second kappa shape index (κ2) is 40.3. The summed E-state index contributed by atoms with van der Waals surface area (Å²) in [6, 6.07) is 0. The molecule has 0 radical (unpaired) electrons. The van der Waals surface area contributed by atoms with Gasteiger partial charge in [0.25, 0.3) is 0 Å². The quantitative estimate of drug-likeness (QED) is 0.0964. The van der Waals surface area contributed by atoms with Crippen LogP contribution >= 0.6 is 35.3 Å². The van der Waals surface area contributed by atoms with E-state index in [-0.39, 0.29) is 17.3 Å². The van der Waals surface area contributed by atoms with Gasteiger partial charge < -0.3 is 29.7 Å². The van der Waals surface area contributed by atoms with Gasteiger partial charge in [0.1, 0.15) is 0 Å². The van der Waals surface area contributed by atoms with E-state index in [4.69, 9.17) is 0 Å². The van der Waals surface area contributed by atoms with Crippen LogP contribution in [0.15, 0.2) is 0 Å². The number of aliphatic carboxylic acids is 3. The van der Waals surface area contributed by atoms with Crippen molar-refractivity contribution in [2.75, 3.05) is 34.5 Å². The molecule has 0 bridgehead atoms. The van der Waals surface area contributed by atoms with E-state index in [1.54, 1.807) is 22.5 Å². The Hall–Kier alpha value is 0.259. The predicted octanol–water partition coefficient (Wildman–Crippen LogP) is 5.26. The molecule has 0 aromatic rings. The molecule has 0 saturated carbocycles. The Morgan fingerprint density at radius 3 is 0.854 bits per heavy atom. The fraction of sp³-hybridized carbons (Fsp3) is 0.903. The first-order valence-corrected chi connectivity index (χ1v) is 21.5. The van der Waals surface area contributed by atoms with Crippen molar-refractivity contribution < 1.29 is 29.7 Å². The van der Waals surface area contributed by atoms with Crippen molar-refractivity contribution in [1.82, 2.24) is 0 Å². The van der Waals surface area contributed by atoms with Crippen LogP contribution in [0.1, 0.15) is 119 Å². The van der Waals surface area contributed by atoms with Crippen molar-refractivity contribution >= 4 is 75.7 Å². The molecule has 6 nitrogen and oxygen atoms in total. The molecule has 0 atom stereocenters. The summed E-state index contributed by atoms with van der Waals surface area (Å²) >= 11 is 5.92. The van der Waals surface area contributed by atoms with E-state index in [2.05, 4.69) is 46.5 Å². The van der Waals surface area contributed by atoms with E-state index < -0.39 is 17.9 Å². The minimum absolute atomic E-state index is 0.143. The van der Waals surface area contributed by atoms with Crippen LogP contribution in [-0.4, -0.2) is 74.9 Å². The molecule has 41 heavy (non-hydrogen) atoms. The molecule has 0 saturated heterocycles. The molecule has 0 heterocycles. The monoisotopic (exact) mass is 744 g/mol. The van der Waals surface area contributed by atoms with Gasteiger partial charge in [-0.3, -0.25) is 0 Å². The molecule has 0 unspecified atom stereocenters. The second-order valence-corrected chi connectivity index (χ2v) is 14.3. The summed E-state index contributed by atoms with van der Waals surface area (Å²) in [5, 5.41) is 30.1. The number of unbranched alkanes of at least 4 members (excludes halogenated alkanes) is 6. The molecule has 0 aliphatic rings. The maximum atomic E-state index is 10.0. The number of carbonyl (C=O) groups excluding carboxylic acids is 3. The average Bonchev–Trinajstić information content (AvgIpc) is 2.88. The molecular weight excluding hydrogens is 683 g/mol. The van der Waals surface area contributed by atoms with E-state index in [0.717, 1.165) is 54.3 Å². The molecule has 0 fully saturated rings. The summed E-state index contributed by atoms with van der Waals surface area (Å²) < 4.78 is 0. The van der Waals surface area contributed by atoms with Gasteiger partial charge in [-0.05, 0) is 54.3 Å². The van der Waals surface area contributed by atoms with Crippen LogP contribution in [-0.2, 0) is 14.4 Å². The number of carboxylic acids is 3. The van der Waals surface area contributed by atoms with Crippen molar-refractivity contribution in [3.63, 3.8) is 0 Å². The van der Waals surface area contributed by atoms with Crippen LogP contribution in [0.4, 0.5) is 0 Å². The maximum absolute atomic E-state index is 10.0. The van der Waals surface area contributed by atoms with Crippen LogP contribution in [0.2, 0.25) is 4.94 Å². The van der Waals surface area contributed by atoms with Crippen LogP contribution in [0, 0.1) is 17.8 Å². The summed E-state index contributed by atoms with van der Waals surface area (Å²) in [7, 11) is 0. The zero-order valence-corrected chi connectivity index (χ0v) is 32.4. The van der Waals surface area contributed by atoms with Gasteiger partial charge in [-0.2, -0.15) is 35.3 Å². The summed E-state index contributed by atoms with van der Waals surface area (Å²) in [5.41, 5.74) is 0. The molecule has 0 rings (SSSR count). The molecule has 0 spiro atoms. The van der Waals surface area contributed by atoms with Crippen LogP contribution in [0.25, 0.3) is 0 Å². The first kappa shape index (κ1) is 48.2. The van der Waals surface area contributed by atoms with Crippen LogP contribution in [0.3, 0.4) is 0 Å². The number of rotatable bonds is 24. The average molecular weight is 744 g/mol. The fourth-order valence-corrected chi connectivity index (χ4v) is 5.42. The van der Waals surface area contributed by atoms with Crippen LogP contribution in [0.5, 0.6) is 0 Å². The van der Waals surface area contributed by atoms with E-state index >= 15 is 0 Å². The Labute approximate surface area is 279 Å². The molecule has 0 aliphatic heterocycles. The van der Waals surface area contributed by atoms with E-state index in [1.165, 1.54) is 93.1 Å². The van der Waals surface area contributed by atoms with Crippen molar-refractivity contribution in [1.29, 1.82) is 0 Å². The number of carbonyl (C=O) groups is 3. The van der Waals surface area contributed by atoms with Gasteiger partial charge in [0.15, 0.2) is 0 Å². The van der Waals surface area contributed by atoms with E-state index in [0.29, 0.717) is 0 Å². The zero-order chi connectivity index (χ0) is 32.3. The van der Waals surface area contributed by atoms with Gasteiger partial charge in [0.05, 0.1) is 17.9 Å². The standard InChI is InChI=1S/3C10H20O2S.CH3.Sn/c3*1-9(2)6-4-3-5-7-13-8-10(11)12;;/h3*9H,3-8H2,1-2H3,(H,11,12);1H3;/q;;;;+3/p-3. The third-order valence-corrected chi connectivity index (χ3v) is 8.42. The third kappa shape index (κ3) is 64.4. The Morgan fingerprint density at radius 1 is 0.463 bits per heavy atom. The van der Waals surface area contributed by atoms with Gasteiger partial charge >= 0.3 is 27.5 Å². The van der Waals surface area contributed by atoms with E-state index in [1.807, 2.05) is 0 Å². The van der Waals surface area contributed by atoms with Crippen molar-refractivity contribution in [2.24, 2.45) is 17.8 Å². The van der Waals surface area contributed by atoms with Crippen molar-refractivity contribution in [3.8, 4) is 0 Å². The normalized spacial score (nSPS) is 10.3. The third-order valence-electron chi connectivity index (χ3n) is 5.37. The Morgan fingerprint density at radius 2 is 0.683 bits per heavy atom.